The summed E-state index contributed by atoms with van der Waals surface area (Å²) >= 11 is 0. The number of esters is 1. The van der Waals surface area contributed by atoms with Crippen LogP contribution in [0.2, 0.25) is 0 Å². The van der Waals surface area contributed by atoms with Gasteiger partial charge in [-0.1, -0.05) is 30.3 Å². The van der Waals surface area contributed by atoms with Gasteiger partial charge >= 0.3 is 5.97 Å². The number of nitrogens with zero attached hydrogens (tertiary/aromatic N) is 2. The molecule has 0 spiro atoms. The topological polar surface area (TPSA) is 59.5 Å². The number of para-hydroxylation sites is 1. The van der Waals surface area contributed by atoms with Gasteiger partial charge in [0.1, 0.15) is 5.75 Å². The molecule has 140 valence electrons. The van der Waals surface area contributed by atoms with Crippen LogP contribution in [0.25, 0.3) is 6.08 Å². The van der Waals surface area contributed by atoms with Gasteiger partial charge in [-0.3, -0.25) is 9.78 Å². The Bertz CT molecular complexity index is 994. The number of allylic oxidation sites excluding steroid dienone is 1. The Morgan fingerprint density at radius 3 is 2.39 bits per heavy atom. The Labute approximate surface area is 163 Å². The molecule has 0 N–H and O–H groups in total. The van der Waals surface area contributed by atoms with E-state index >= 15 is 0 Å². The molecule has 0 aliphatic carbocycles. The highest BCUT2D eigenvalue weighted by atomic mass is 16.5. The van der Waals surface area contributed by atoms with E-state index in [-0.39, 0.29) is 11.5 Å². The fraction of sp³-hybridized carbons (Fsp3) is 0.0870. The molecule has 0 amide bonds. The van der Waals surface area contributed by atoms with Crippen LogP contribution >= 0.6 is 0 Å². The molecule has 2 aromatic carbocycles. The van der Waals surface area contributed by atoms with Gasteiger partial charge in [-0.2, -0.15) is 0 Å². The zero-order chi connectivity index (χ0) is 19.9. The first-order chi connectivity index (χ1) is 13.5. The van der Waals surface area contributed by atoms with Crippen molar-refractivity contribution < 1.29 is 14.3 Å². The Morgan fingerprint density at radius 2 is 1.71 bits per heavy atom. The van der Waals surface area contributed by atoms with E-state index in [1.54, 1.807) is 48.7 Å². The molecule has 0 saturated heterocycles. The fourth-order valence-electron chi connectivity index (χ4n) is 2.55. The molecule has 3 aromatic rings. The number of rotatable bonds is 6. The molecule has 0 saturated carbocycles. The van der Waals surface area contributed by atoms with E-state index in [0.717, 1.165) is 11.3 Å². The third-order valence-corrected chi connectivity index (χ3v) is 4.09. The monoisotopic (exact) mass is 372 g/mol. The van der Waals surface area contributed by atoms with Gasteiger partial charge in [0.15, 0.2) is 5.78 Å². The first-order valence-corrected chi connectivity index (χ1v) is 8.75. The molecule has 0 unspecified atom stereocenters. The summed E-state index contributed by atoms with van der Waals surface area (Å²) in [5.41, 5.74) is 2.63. The van der Waals surface area contributed by atoms with Crippen molar-refractivity contribution in [1.29, 1.82) is 0 Å². The minimum absolute atomic E-state index is 0.217. The van der Waals surface area contributed by atoms with Crippen molar-refractivity contribution in [2.75, 3.05) is 19.0 Å². The molecule has 0 aliphatic heterocycles. The number of aromatic nitrogens is 1. The van der Waals surface area contributed by atoms with E-state index in [2.05, 4.69) is 4.98 Å². The van der Waals surface area contributed by atoms with Gasteiger partial charge < -0.3 is 9.64 Å². The third kappa shape index (κ3) is 4.71. The lowest BCUT2D eigenvalue weighted by Gasteiger charge is -2.11. The number of hydrogen-bond acceptors (Lipinski definition) is 5. The third-order valence-electron chi connectivity index (χ3n) is 4.09. The van der Waals surface area contributed by atoms with Crippen molar-refractivity contribution in [2.45, 2.75) is 0 Å². The molecule has 0 bridgehead atoms. The van der Waals surface area contributed by atoms with Crippen molar-refractivity contribution in [2.24, 2.45) is 0 Å². The summed E-state index contributed by atoms with van der Waals surface area (Å²) in [6.07, 6.45) is 6.21. The molecule has 0 aliphatic rings. The zero-order valence-electron chi connectivity index (χ0n) is 15.7. The van der Waals surface area contributed by atoms with Gasteiger partial charge in [-0.05, 0) is 48.0 Å². The van der Waals surface area contributed by atoms with Crippen molar-refractivity contribution in [3.05, 3.63) is 95.8 Å². The van der Waals surface area contributed by atoms with Crippen molar-refractivity contribution in [3.8, 4) is 5.75 Å². The van der Waals surface area contributed by atoms with Crippen LogP contribution in [-0.4, -0.2) is 30.8 Å². The number of ketones is 1. The minimum atomic E-state index is -0.559. The lowest BCUT2D eigenvalue weighted by atomic mass is 10.1. The fourth-order valence-corrected chi connectivity index (χ4v) is 2.55. The predicted molar refractivity (Wildman–Crippen MR) is 110 cm³/mol. The Kier molecular flexibility index (Phi) is 5.97. The highest BCUT2D eigenvalue weighted by Crippen LogP contribution is 2.21. The largest absolute Gasteiger partial charge is 0.422 e. The normalized spacial score (nSPS) is 10.6. The summed E-state index contributed by atoms with van der Waals surface area (Å²) in [5, 5.41) is 0. The van der Waals surface area contributed by atoms with Gasteiger partial charge in [-0.25, -0.2) is 4.79 Å². The van der Waals surface area contributed by atoms with Crippen molar-refractivity contribution in [1.82, 2.24) is 4.98 Å². The highest BCUT2D eigenvalue weighted by molar-refractivity contribution is 6.09. The van der Waals surface area contributed by atoms with Crippen LogP contribution in [0.3, 0.4) is 0 Å². The maximum Gasteiger partial charge on any atom is 0.345 e. The standard InChI is InChI=1S/C23H20N2O3/c1-25(2)19-12-9-17(10-13-19)11-14-21(26)20-7-3-4-8-22(20)28-23(27)18-6-5-15-24-16-18/h3-16H,1-2H3/b14-11+. The van der Waals surface area contributed by atoms with E-state index in [1.807, 2.05) is 43.3 Å². The van der Waals surface area contributed by atoms with Gasteiger partial charge in [-0.15, -0.1) is 0 Å². The molecule has 5 heteroatoms. The quantitative estimate of drug-likeness (QED) is 0.280. The molecule has 1 aromatic heterocycles. The number of benzene rings is 2. The van der Waals surface area contributed by atoms with E-state index in [4.69, 9.17) is 4.74 Å². The second-order valence-corrected chi connectivity index (χ2v) is 6.31. The predicted octanol–water partition coefficient (Wildman–Crippen LogP) is 4.26. The maximum atomic E-state index is 12.6. The van der Waals surface area contributed by atoms with E-state index in [0.29, 0.717) is 11.1 Å². The Morgan fingerprint density at radius 1 is 0.964 bits per heavy atom. The highest BCUT2D eigenvalue weighted by Gasteiger charge is 2.14. The molecular formula is C23H20N2O3. The lowest BCUT2D eigenvalue weighted by molar-refractivity contribution is 0.0732. The molecule has 5 nitrogen and oxygen atoms in total. The van der Waals surface area contributed by atoms with Crippen LogP contribution in [0.15, 0.2) is 79.1 Å². The molecule has 0 atom stereocenters. The van der Waals surface area contributed by atoms with Gasteiger partial charge in [0.25, 0.3) is 0 Å². The van der Waals surface area contributed by atoms with E-state index in [9.17, 15) is 9.59 Å². The summed E-state index contributed by atoms with van der Waals surface area (Å²) in [6, 6.07) is 17.8. The number of carbonyl (C=O) groups is 2. The second-order valence-electron chi connectivity index (χ2n) is 6.31. The number of pyridine rings is 1. The number of hydrogen-bond donors (Lipinski definition) is 0. The molecule has 28 heavy (non-hydrogen) atoms. The SMILES string of the molecule is CN(C)c1ccc(/C=C/C(=O)c2ccccc2OC(=O)c2cccnc2)cc1. The van der Waals surface area contributed by atoms with E-state index in [1.165, 1.54) is 12.3 Å². The van der Waals surface area contributed by atoms with Crippen LogP contribution in [0.1, 0.15) is 26.3 Å². The van der Waals surface area contributed by atoms with Crippen LogP contribution in [-0.2, 0) is 0 Å². The van der Waals surface area contributed by atoms with Crippen LogP contribution in [0.4, 0.5) is 5.69 Å². The van der Waals surface area contributed by atoms with Gasteiger partial charge in [0.2, 0.25) is 0 Å². The number of carbonyl (C=O) groups excluding carboxylic acids is 2. The van der Waals surface area contributed by atoms with Crippen molar-refractivity contribution >= 4 is 23.5 Å². The summed E-state index contributed by atoms with van der Waals surface area (Å²) in [5.74, 6) is -0.586. The first kappa shape index (κ1) is 19.0. The smallest absolute Gasteiger partial charge is 0.345 e. The number of ether oxygens (including phenoxy) is 1. The van der Waals surface area contributed by atoms with Crippen LogP contribution in [0, 0.1) is 0 Å². The summed E-state index contributed by atoms with van der Waals surface area (Å²) in [4.78, 5) is 30.8. The Hall–Kier alpha value is -3.73. The average molecular weight is 372 g/mol. The van der Waals surface area contributed by atoms with Gasteiger partial charge in [0.05, 0.1) is 11.1 Å². The molecular weight excluding hydrogens is 352 g/mol. The molecule has 3 rings (SSSR count). The lowest BCUT2D eigenvalue weighted by Crippen LogP contribution is -2.11. The van der Waals surface area contributed by atoms with Crippen LogP contribution in [0.5, 0.6) is 5.75 Å². The van der Waals surface area contributed by atoms with Crippen molar-refractivity contribution in [3.63, 3.8) is 0 Å². The minimum Gasteiger partial charge on any atom is -0.422 e. The molecule has 1 heterocycles. The van der Waals surface area contributed by atoms with Gasteiger partial charge in [0, 0.05) is 32.2 Å². The summed E-state index contributed by atoms with van der Waals surface area (Å²) < 4.78 is 5.41. The second kappa shape index (κ2) is 8.77. The van der Waals surface area contributed by atoms with E-state index < -0.39 is 5.97 Å². The summed E-state index contributed by atoms with van der Waals surface area (Å²) in [6.45, 7) is 0. The zero-order valence-corrected chi connectivity index (χ0v) is 15.7. The summed E-state index contributed by atoms with van der Waals surface area (Å²) in [7, 11) is 3.94. The average Bonchev–Trinajstić information content (AvgIpc) is 2.73. The maximum absolute atomic E-state index is 12.6. The Balaban J connectivity index is 1.76. The van der Waals surface area contributed by atoms with Crippen LogP contribution < -0.4 is 9.64 Å². The molecule has 0 fully saturated rings. The number of anilines is 1. The molecule has 0 radical (unpaired) electrons. The first-order valence-electron chi connectivity index (χ1n) is 8.75.